The van der Waals surface area contributed by atoms with E-state index >= 15 is 0 Å². The molecule has 3 rings (SSSR count). The summed E-state index contributed by atoms with van der Waals surface area (Å²) in [7, 11) is 0. The molecule has 2 aromatic heterocycles. The van der Waals surface area contributed by atoms with E-state index in [0.717, 1.165) is 42.7 Å². The summed E-state index contributed by atoms with van der Waals surface area (Å²) in [6.07, 6.45) is 9.64. The van der Waals surface area contributed by atoms with Gasteiger partial charge in [-0.2, -0.15) is 0 Å². The second kappa shape index (κ2) is 7.00. The molecule has 0 saturated carbocycles. The van der Waals surface area contributed by atoms with E-state index < -0.39 is 0 Å². The highest BCUT2D eigenvalue weighted by Gasteiger charge is 2.23. The van der Waals surface area contributed by atoms with Crippen LogP contribution in [-0.2, 0) is 6.42 Å². The van der Waals surface area contributed by atoms with Gasteiger partial charge >= 0.3 is 0 Å². The third kappa shape index (κ3) is 4.25. The molecule has 110 valence electrons. The topological polar surface area (TPSA) is 38.2 Å². The number of hydrogen-bond donors (Lipinski definition) is 0. The van der Waals surface area contributed by atoms with E-state index in [9.17, 15) is 0 Å². The van der Waals surface area contributed by atoms with Crippen molar-refractivity contribution in [2.24, 2.45) is 0 Å². The van der Waals surface area contributed by atoms with Crippen LogP contribution in [0.15, 0.2) is 47.5 Å². The van der Waals surface area contributed by atoms with E-state index in [0.29, 0.717) is 0 Å². The number of halogens is 1. The maximum Gasteiger partial charge on any atom is 0.139 e. The van der Waals surface area contributed by atoms with E-state index in [1.165, 1.54) is 5.56 Å². The number of hydrogen-bond acceptors (Lipinski definition) is 4. The van der Waals surface area contributed by atoms with Crippen molar-refractivity contribution in [3.05, 3.63) is 53.0 Å². The van der Waals surface area contributed by atoms with Gasteiger partial charge in [-0.05, 0) is 52.5 Å². The van der Waals surface area contributed by atoms with Crippen LogP contribution in [0.5, 0.6) is 5.75 Å². The van der Waals surface area contributed by atoms with E-state index in [-0.39, 0.29) is 6.10 Å². The zero-order chi connectivity index (χ0) is 14.5. The van der Waals surface area contributed by atoms with Crippen molar-refractivity contribution in [2.45, 2.75) is 18.9 Å². The minimum absolute atomic E-state index is 0.263. The van der Waals surface area contributed by atoms with Crippen LogP contribution in [0.25, 0.3) is 0 Å². The van der Waals surface area contributed by atoms with E-state index in [1.807, 2.05) is 18.5 Å². The molecule has 1 aliphatic heterocycles. The Kier molecular flexibility index (Phi) is 4.83. The Morgan fingerprint density at radius 2 is 2.10 bits per heavy atom. The van der Waals surface area contributed by atoms with E-state index in [4.69, 9.17) is 4.74 Å². The van der Waals surface area contributed by atoms with Gasteiger partial charge in [0.05, 0.1) is 6.20 Å². The van der Waals surface area contributed by atoms with Crippen LogP contribution in [0.1, 0.15) is 12.0 Å². The van der Waals surface area contributed by atoms with Crippen molar-refractivity contribution >= 4 is 15.9 Å². The van der Waals surface area contributed by atoms with Crippen LogP contribution >= 0.6 is 15.9 Å². The van der Waals surface area contributed by atoms with Crippen LogP contribution in [0.4, 0.5) is 0 Å². The predicted molar refractivity (Wildman–Crippen MR) is 85.4 cm³/mol. The van der Waals surface area contributed by atoms with Crippen molar-refractivity contribution in [1.82, 2.24) is 14.9 Å². The molecule has 2 aromatic rings. The van der Waals surface area contributed by atoms with Gasteiger partial charge in [-0.25, -0.2) is 0 Å². The Balaban J connectivity index is 1.47. The lowest BCUT2D eigenvalue weighted by atomic mass is 10.2. The lowest BCUT2D eigenvalue weighted by Gasteiger charge is -2.16. The molecule has 0 bridgehead atoms. The van der Waals surface area contributed by atoms with Crippen molar-refractivity contribution in [2.75, 3.05) is 19.6 Å². The molecule has 1 saturated heterocycles. The number of pyridine rings is 2. The molecule has 1 fully saturated rings. The summed E-state index contributed by atoms with van der Waals surface area (Å²) < 4.78 is 6.95. The first-order valence-electron chi connectivity index (χ1n) is 7.18. The Morgan fingerprint density at radius 1 is 1.24 bits per heavy atom. The average Bonchev–Trinajstić information content (AvgIpc) is 2.94. The summed E-state index contributed by atoms with van der Waals surface area (Å²) >= 11 is 3.42. The normalized spacial score (nSPS) is 18.8. The highest BCUT2D eigenvalue weighted by atomic mass is 79.9. The van der Waals surface area contributed by atoms with Gasteiger partial charge < -0.3 is 4.74 Å². The summed E-state index contributed by atoms with van der Waals surface area (Å²) in [5.41, 5.74) is 1.34. The Bertz CT molecular complexity index is 579. The monoisotopic (exact) mass is 347 g/mol. The number of aromatic nitrogens is 2. The molecule has 5 heteroatoms. The molecule has 1 atom stereocenters. The van der Waals surface area contributed by atoms with Gasteiger partial charge in [0.1, 0.15) is 11.9 Å². The molecule has 0 radical (unpaired) electrons. The summed E-state index contributed by atoms with van der Waals surface area (Å²) in [5, 5.41) is 0. The zero-order valence-corrected chi connectivity index (χ0v) is 13.4. The smallest absolute Gasteiger partial charge is 0.139 e. The van der Waals surface area contributed by atoms with Crippen LogP contribution < -0.4 is 4.74 Å². The molecule has 0 N–H and O–H groups in total. The second-order valence-corrected chi connectivity index (χ2v) is 6.19. The first-order chi connectivity index (χ1) is 10.3. The number of rotatable bonds is 5. The van der Waals surface area contributed by atoms with Crippen molar-refractivity contribution < 1.29 is 4.74 Å². The maximum atomic E-state index is 5.99. The number of ether oxygens (including phenoxy) is 1. The lowest BCUT2D eigenvalue weighted by molar-refractivity contribution is 0.200. The summed E-state index contributed by atoms with van der Waals surface area (Å²) in [6, 6.07) is 6.13. The van der Waals surface area contributed by atoms with Crippen molar-refractivity contribution in [1.29, 1.82) is 0 Å². The van der Waals surface area contributed by atoms with Crippen LogP contribution in [0, 0.1) is 0 Å². The van der Waals surface area contributed by atoms with Crippen LogP contribution in [0.2, 0.25) is 0 Å². The molecule has 0 aliphatic carbocycles. The van der Waals surface area contributed by atoms with Gasteiger partial charge in [0.2, 0.25) is 0 Å². The van der Waals surface area contributed by atoms with Gasteiger partial charge in [0.25, 0.3) is 0 Å². The minimum atomic E-state index is 0.263. The molecule has 1 aliphatic rings. The first-order valence-corrected chi connectivity index (χ1v) is 7.97. The van der Waals surface area contributed by atoms with Gasteiger partial charge in [-0.15, -0.1) is 0 Å². The van der Waals surface area contributed by atoms with Gasteiger partial charge in [-0.3, -0.25) is 14.9 Å². The predicted octanol–water partition coefficient (Wildman–Crippen LogP) is 2.93. The molecule has 0 amide bonds. The summed E-state index contributed by atoms with van der Waals surface area (Å²) in [4.78, 5) is 10.6. The molecule has 0 unspecified atom stereocenters. The third-order valence-electron chi connectivity index (χ3n) is 3.68. The number of nitrogens with zero attached hydrogens (tertiary/aromatic N) is 3. The van der Waals surface area contributed by atoms with Crippen LogP contribution in [0.3, 0.4) is 0 Å². The molecule has 4 nitrogen and oxygen atoms in total. The van der Waals surface area contributed by atoms with Gasteiger partial charge in [-0.1, -0.05) is 0 Å². The minimum Gasteiger partial charge on any atom is -0.487 e. The van der Waals surface area contributed by atoms with Crippen molar-refractivity contribution in [3.63, 3.8) is 0 Å². The zero-order valence-electron chi connectivity index (χ0n) is 11.8. The maximum absolute atomic E-state index is 5.99. The van der Waals surface area contributed by atoms with Crippen LogP contribution in [-0.4, -0.2) is 40.6 Å². The lowest BCUT2D eigenvalue weighted by Crippen LogP contribution is -2.26. The highest BCUT2D eigenvalue weighted by molar-refractivity contribution is 9.10. The fraction of sp³-hybridized carbons (Fsp3) is 0.375. The molecule has 21 heavy (non-hydrogen) atoms. The summed E-state index contributed by atoms with van der Waals surface area (Å²) in [5.74, 6) is 0.838. The van der Waals surface area contributed by atoms with Gasteiger partial charge in [0, 0.05) is 42.7 Å². The first kappa shape index (κ1) is 14.5. The molecular formula is C16H18BrN3O. The fourth-order valence-corrected chi connectivity index (χ4v) is 2.93. The Hall–Kier alpha value is -1.46. The largest absolute Gasteiger partial charge is 0.487 e. The SMILES string of the molecule is Brc1cncc(O[C@H]2CCN(CCc3ccncc3)C2)c1. The fourth-order valence-electron chi connectivity index (χ4n) is 2.58. The highest BCUT2D eigenvalue weighted by Crippen LogP contribution is 2.21. The molecular weight excluding hydrogens is 330 g/mol. The van der Waals surface area contributed by atoms with Gasteiger partial charge in [0.15, 0.2) is 0 Å². The number of likely N-dealkylation sites (tertiary alicyclic amines) is 1. The van der Waals surface area contributed by atoms with E-state index in [2.05, 4.69) is 42.9 Å². The van der Waals surface area contributed by atoms with Crippen molar-refractivity contribution in [3.8, 4) is 5.75 Å². The average molecular weight is 348 g/mol. The second-order valence-electron chi connectivity index (χ2n) is 5.27. The molecule has 3 heterocycles. The molecule has 0 aromatic carbocycles. The standard InChI is InChI=1S/C16H18BrN3O/c17-14-9-16(11-19-10-14)21-15-4-8-20(12-15)7-3-13-1-5-18-6-2-13/h1-2,5-6,9-11,15H,3-4,7-8,12H2/t15-/m0/s1. The Morgan fingerprint density at radius 3 is 2.90 bits per heavy atom. The third-order valence-corrected chi connectivity index (χ3v) is 4.11. The molecule has 0 spiro atoms. The van der Waals surface area contributed by atoms with E-state index in [1.54, 1.807) is 12.4 Å². The Labute approximate surface area is 133 Å². The quantitative estimate of drug-likeness (QED) is 0.833. The summed E-state index contributed by atoms with van der Waals surface area (Å²) in [6.45, 7) is 3.15.